The molecule has 0 aliphatic heterocycles. The normalized spacial score (nSPS) is 11.4. The molecule has 3 aromatic heterocycles. The van der Waals surface area contributed by atoms with Crippen molar-refractivity contribution in [2.24, 2.45) is 0 Å². The highest BCUT2D eigenvalue weighted by atomic mass is 19.4. The number of halogens is 6. The Morgan fingerprint density at radius 2 is 1.26 bits per heavy atom. The SMILES string of the molecule is C=Cc1ncnc(Nc2ccc(C(F)(F)F)cc2)n1.FC(F)(F)c1ccc(Nc2ncnc(CCc3ccc4[nH]ncc4c3)n2)cc1. The van der Waals surface area contributed by atoms with Crippen LogP contribution in [0.5, 0.6) is 0 Å². The van der Waals surface area contributed by atoms with E-state index in [9.17, 15) is 26.3 Å². The van der Waals surface area contributed by atoms with Crippen LogP contribution < -0.4 is 10.6 Å². The average molecular weight is 651 g/mol. The van der Waals surface area contributed by atoms with Gasteiger partial charge in [0.1, 0.15) is 18.5 Å². The molecule has 0 bridgehead atoms. The third-order valence-corrected chi connectivity index (χ3v) is 6.47. The first-order chi connectivity index (χ1) is 22.5. The van der Waals surface area contributed by atoms with Gasteiger partial charge in [-0.25, -0.2) is 19.9 Å². The average Bonchev–Trinajstić information content (AvgIpc) is 3.52. The van der Waals surface area contributed by atoms with Crippen molar-refractivity contribution >= 4 is 40.3 Å². The van der Waals surface area contributed by atoms with Crippen molar-refractivity contribution in [3.63, 3.8) is 0 Å². The Labute approximate surface area is 263 Å². The molecule has 0 amide bonds. The van der Waals surface area contributed by atoms with Gasteiger partial charge < -0.3 is 10.6 Å². The minimum atomic E-state index is -4.36. The van der Waals surface area contributed by atoms with E-state index in [1.165, 1.54) is 43.0 Å². The lowest BCUT2D eigenvalue weighted by molar-refractivity contribution is -0.138. The molecule has 240 valence electrons. The second-order valence-electron chi connectivity index (χ2n) is 9.79. The first-order valence-electron chi connectivity index (χ1n) is 13.8. The predicted molar refractivity (Wildman–Crippen MR) is 163 cm³/mol. The maximum atomic E-state index is 12.6. The largest absolute Gasteiger partial charge is 0.416 e. The molecule has 3 heterocycles. The summed E-state index contributed by atoms with van der Waals surface area (Å²) in [6.07, 6.45) is -1.48. The fourth-order valence-corrected chi connectivity index (χ4v) is 4.13. The number of H-pyrrole nitrogens is 1. The van der Waals surface area contributed by atoms with Crippen molar-refractivity contribution in [3.05, 3.63) is 120 Å². The number of rotatable bonds is 8. The van der Waals surface area contributed by atoms with E-state index in [2.05, 4.69) is 63.4 Å². The van der Waals surface area contributed by atoms with Crippen molar-refractivity contribution < 1.29 is 26.3 Å². The van der Waals surface area contributed by atoms with Gasteiger partial charge >= 0.3 is 12.4 Å². The van der Waals surface area contributed by atoms with Crippen LogP contribution >= 0.6 is 0 Å². The Morgan fingerprint density at radius 1 is 0.681 bits per heavy atom. The molecule has 6 rings (SSSR count). The lowest BCUT2D eigenvalue weighted by Crippen LogP contribution is -2.06. The quantitative estimate of drug-likeness (QED) is 0.143. The second-order valence-corrected chi connectivity index (χ2v) is 9.79. The monoisotopic (exact) mass is 650 g/mol. The zero-order valence-corrected chi connectivity index (χ0v) is 24.2. The Morgan fingerprint density at radius 3 is 1.83 bits per heavy atom. The zero-order valence-electron chi connectivity index (χ0n) is 24.2. The van der Waals surface area contributed by atoms with Gasteiger partial charge in [0.25, 0.3) is 0 Å². The molecule has 0 atom stereocenters. The zero-order chi connectivity index (χ0) is 33.4. The first-order valence-corrected chi connectivity index (χ1v) is 13.8. The van der Waals surface area contributed by atoms with E-state index in [-0.39, 0.29) is 11.9 Å². The van der Waals surface area contributed by atoms with Gasteiger partial charge in [-0.05, 0) is 78.7 Å². The number of benzene rings is 3. The number of aryl methyl sites for hydroxylation is 2. The van der Waals surface area contributed by atoms with E-state index < -0.39 is 23.5 Å². The fourth-order valence-electron chi connectivity index (χ4n) is 4.13. The predicted octanol–water partition coefficient (Wildman–Crippen LogP) is 7.57. The molecule has 0 saturated heterocycles. The van der Waals surface area contributed by atoms with Gasteiger partial charge in [0, 0.05) is 23.2 Å². The van der Waals surface area contributed by atoms with Crippen molar-refractivity contribution in [2.45, 2.75) is 25.2 Å². The van der Waals surface area contributed by atoms with Crippen molar-refractivity contribution in [1.82, 2.24) is 40.1 Å². The highest BCUT2D eigenvalue weighted by Gasteiger charge is 2.30. The standard InChI is InChI=1S/C19H15F3N6.C12H9F3N4/c20-19(21,22)14-3-5-15(6-4-14)26-18-24-11-23-17(27-18)8-2-12-1-7-16-13(9-12)10-25-28-16;1-2-10-16-7-17-11(19-10)18-9-5-3-8(4-6-9)12(13,14)15/h1,3-7,9-11H,2,8H2,(H,25,28)(H,23,24,26,27);2-7H,1H2,(H,16,17,18,19). The summed E-state index contributed by atoms with van der Waals surface area (Å²) in [4.78, 5) is 24.2. The van der Waals surface area contributed by atoms with Gasteiger partial charge in [-0.15, -0.1) is 0 Å². The van der Waals surface area contributed by atoms with Crippen LogP contribution in [-0.4, -0.2) is 40.1 Å². The lowest BCUT2D eigenvalue weighted by atomic mass is 10.1. The van der Waals surface area contributed by atoms with Crippen LogP contribution in [0.25, 0.3) is 17.0 Å². The molecule has 16 heteroatoms. The number of hydrogen-bond acceptors (Lipinski definition) is 9. The topological polar surface area (TPSA) is 130 Å². The number of nitrogens with zero attached hydrogens (tertiary/aromatic N) is 7. The van der Waals surface area contributed by atoms with Gasteiger partial charge in [0.15, 0.2) is 5.82 Å². The Hall–Kier alpha value is -5.93. The van der Waals surface area contributed by atoms with E-state index in [4.69, 9.17) is 0 Å². The summed E-state index contributed by atoms with van der Waals surface area (Å²) < 4.78 is 75.0. The van der Waals surface area contributed by atoms with Crippen LogP contribution in [0.15, 0.2) is 92.2 Å². The van der Waals surface area contributed by atoms with E-state index in [0.29, 0.717) is 29.4 Å². The first kappa shape index (κ1) is 32.5. The van der Waals surface area contributed by atoms with Crippen LogP contribution in [0.3, 0.4) is 0 Å². The summed E-state index contributed by atoms with van der Waals surface area (Å²) in [5.41, 5.74) is 1.62. The molecule has 0 fully saturated rings. The Bertz CT molecular complexity index is 1940. The van der Waals surface area contributed by atoms with Gasteiger partial charge in [-0.3, -0.25) is 5.10 Å². The fraction of sp³-hybridized carbons (Fsp3) is 0.129. The number of nitrogens with one attached hydrogen (secondary N) is 3. The molecule has 0 aliphatic carbocycles. The number of hydrogen-bond donors (Lipinski definition) is 3. The van der Waals surface area contributed by atoms with Crippen LogP contribution in [-0.2, 0) is 25.2 Å². The van der Waals surface area contributed by atoms with Crippen molar-refractivity contribution in [1.29, 1.82) is 0 Å². The third kappa shape index (κ3) is 9.06. The van der Waals surface area contributed by atoms with Crippen LogP contribution in [0, 0.1) is 0 Å². The van der Waals surface area contributed by atoms with Gasteiger partial charge in [-0.1, -0.05) is 12.6 Å². The van der Waals surface area contributed by atoms with Gasteiger partial charge in [-0.2, -0.15) is 41.4 Å². The summed E-state index contributed by atoms with van der Waals surface area (Å²) in [6, 6.07) is 15.3. The summed E-state index contributed by atoms with van der Waals surface area (Å²) in [5, 5.41) is 13.6. The number of aromatic nitrogens is 8. The van der Waals surface area contributed by atoms with E-state index in [0.717, 1.165) is 47.2 Å². The van der Waals surface area contributed by atoms with Gasteiger partial charge in [0.2, 0.25) is 11.9 Å². The molecule has 47 heavy (non-hydrogen) atoms. The second kappa shape index (κ2) is 14.0. The van der Waals surface area contributed by atoms with Gasteiger partial charge in [0.05, 0.1) is 22.8 Å². The lowest BCUT2D eigenvalue weighted by Gasteiger charge is -2.09. The van der Waals surface area contributed by atoms with E-state index in [1.807, 2.05) is 12.1 Å². The summed E-state index contributed by atoms with van der Waals surface area (Å²) in [5.74, 6) is 1.50. The molecular weight excluding hydrogens is 626 g/mol. The molecule has 0 unspecified atom stereocenters. The van der Waals surface area contributed by atoms with E-state index in [1.54, 1.807) is 6.20 Å². The highest BCUT2D eigenvalue weighted by molar-refractivity contribution is 5.78. The molecule has 0 aliphatic rings. The molecule has 0 radical (unpaired) electrons. The minimum Gasteiger partial charge on any atom is -0.324 e. The number of aromatic amines is 1. The Balaban J connectivity index is 0.000000199. The molecule has 0 spiro atoms. The molecule has 3 N–H and O–H groups in total. The number of alkyl halides is 6. The van der Waals surface area contributed by atoms with Crippen molar-refractivity contribution in [3.8, 4) is 0 Å². The maximum absolute atomic E-state index is 12.6. The smallest absolute Gasteiger partial charge is 0.324 e. The van der Waals surface area contributed by atoms with Crippen molar-refractivity contribution in [2.75, 3.05) is 10.6 Å². The van der Waals surface area contributed by atoms with Crippen LogP contribution in [0.4, 0.5) is 49.6 Å². The summed E-state index contributed by atoms with van der Waals surface area (Å²) in [6.45, 7) is 3.51. The minimum absolute atomic E-state index is 0.240. The third-order valence-electron chi connectivity index (χ3n) is 6.47. The number of anilines is 4. The molecule has 0 saturated carbocycles. The van der Waals surface area contributed by atoms with E-state index >= 15 is 0 Å². The summed E-state index contributed by atoms with van der Waals surface area (Å²) in [7, 11) is 0. The molecule has 10 nitrogen and oxygen atoms in total. The Kier molecular flexibility index (Phi) is 9.68. The van der Waals surface area contributed by atoms with Crippen LogP contribution in [0.1, 0.15) is 28.3 Å². The number of fused-ring (bicyclic) bond motifs is 1. The maximum Gasteiger partial charge on any atom is 0.416 e. The molecular formula is C31H24F6N10. The highest BCUT2D eigenvalue weighted by Crippen LogP contribution is 2.31. The molecule has 3 aromatic carbocycles. The molecule has 6 aromatic rings. The van der Waals surface area contributed by atoms with Crippen LogP contribution in [0.2, 0.25) is 0 Å². The summed E-state index contributed by atoms with van der Waals surface area (Å²) >= 11 is 0.